The highest BCUT2D eigenvalue weighted by Gasteiger charge is 2.31. The largest absolute Gasteiger partial charge is 0.390 e. The van der Waals surface area contributed by atoms with Gasteiger partial charge in [0.05, 0.1) is 18.8 Å². The fraction of sp³-hybridized carbons (Fsp3) is 1.00. The van der Waals surface area contributed by atoms with Gasteiger partial charge in [0.25, 0.3) is 0 Å². The minimum Gasteiger partial charge on any atom is -0.390 e. The van der Waals surface area contributed by atoms with E-state index in [1.54, 1.807) is 11.8 Å². The summed E-state index contributed by atoms with van der Waals surface area (Å²) in [6, 6.07) is 0. The van der Waals surface area contributed by atoms with Gasteiger partial charge in [-0.3, -0.25) is 0 Å². The molecule has 0 aliphatic carbocycles. The summed E-state index contributed by atoms with van der Waals surface area (Å²) < 4.78 is 40.6. The zero-order valence-corrected chi connectivity index (χ0v) is 8.40. The highest BCUT2D eigenvalue weighted by molar-refractivity contribution is 7.99. The molecule has 6 heteroatoms. The maximum atomic E-state index is 11.8. The topological polar surface area (TPSA) is 29.5 Å². The molecule has 2 nitrogen and oxygen atoms in total. The summed E-state index contributed by atoms with van der Waals surface area (Å²) in [6.45, 7) is 0.512. The molecule has 0 aromatic rings. The molecule has 2 atom stereocenters. The van der Waals surface area contributed by atoms with Gasteiger partial charge in [0.2, 0.25) is 0 Å². The van der Waals surface area contributed by atoms with Gasteiger partial charge in [-0.05, 0) is 6.42 Å². The molecular weight excluding hydrogens is 217 g/mol. The molecule has 84 valence electrons. The third-order valence-corrected chi connectivity index (χ3v) is 3.01. The first kappa shape index (κ1) is 12.1. The van der Waals surface area contributed by atoms with Gasteiger partial charge in [0.15, 0.2) is 0 Å². The number of rotatable bonds is 3. The fourth-order valence-corrected chi connectivity index (χ4v) is 2.16. The normalized spacial score (nSPS) is 26.1. The summed E-state index contributed by atoms with van der Waals surface area (Å²) in [4.78, 5) is 0. The Hall–Kier alpha value is 0.0600. The summed E-state index contributed by atoms with van der Waals surface area (Å²) in [5.41, 5.74) is 0. The lowest BCUT2D eigenvalue weighted by molar-refractivity contribution is -0.144. The molecule has 0 saturated carbocycles. The fourth-order valence-electron chi connectivity index (χ4n) is 1.23. The van der Waals surface area contributed by atoms with Gasteiger partial charge in [-0.25, -0.2) is 0 Å². The van der Waals surface area contributed by atoms with Crippen LogP contribution >= 0.6 is 11.8 Å². The van der Waals surface area contributed by atoms with Gasteiger partial charge in [0, 0.05) is 17.9 Å². The van der Waals surface area contributed by atoms with E-state index in [0.717, 1.165) is 5.75 Å². The number of aliphatic hydroxyl groups excluding tert-OH is 1. The van der Waals surface area contributed by atoms with E-state index in [1.807, 2.05) is 0 Å². The second-order valence-electron chi connectivity index (χ2n) is 3.21. The second-order valence-corrected chi connectivity index (χ2v) is 4.36. The number of halogens is 3. The molecule has 1 fully saturated rings. The third kappa shape index (κ3) is 4.52. The van der Waals surface area contributed by atoms with Gasteiger partial charge in [-0.2, -0.15) is 24.9 Å². The zero-order chi connectivity index (χ0) is 10.6. The molecule has 1 rings (SSSR count). The summed E-state index contributed by atoms with van der Waals surface area (Å²) in [5, 5.41) is 9.40. The molecule has 0 aromatic heterocycles. The van der Waals surface area contributed by atoms with Crippen molar-refractivity contribution in [3.63, 3.8) is 0 Å². The van der Waals surface area contributed by atoms with E-state index in [-0.39, 0.29) is 6.42 Å². The van der Waals surface area contributed by atoms with E-state index in [0.29, 0.717) is 12.4 Å². The lowest BCUT2D eigenvalue weighted by atomic mass is 10.1. The van der Waals surface area contributed by atoms with E-state index in [4.69, 9.17) is 4.74 Å². The molecule has 0 amide bonds. The Kier molecular flexibility index (Phi) is 4.53. The van der Waals surface area contributed by atoms with Crippen LogP contribution in [0, 0.1) is 0 Å². The Labute approximate surface area is 84.8 Å². The quantitative estimate of drug-likeness (QED) is 0.802. The smallest absolute Gasteiger partial charge is 0.389 e. The molecule has 1 heterocycles. The maximum absolute atomic E-state index is 11.8. The van der Waals surface area contributed by atoms with Crippen molar-refractivity contribution in [2.75, 3.05) is 18.1 Å². The molecule has 1 aliphatic heterocycles. The SMILES string of the molecule is OC(CCC(F)(F)F)C1CSCCO1. The number of aliphatic hydroxyl groups is 1. The number of hydrogen-bond donors (Lipinski definition) is 1. The summed E-state index contributed by atoms with van der Waals surface area (Å²) in [5.74, 6) is 1.43. The van der Waals surface area contributed by atoms with Crippen LogP contribution in [0.1, 0.15) is 12.8 Å². The highest BCUT2D eigenvalue weighted by Crippen LogP contribution is 2.25. The van der Waals surface area contributed by atoms with E-state index in [2.05, 4.69) is 0 Å². The maximum Gasteiger partial charge on any atom is 0.389 e. The molecule has 0 radical (unpaired) electrons. The van der Waals surface area contributed by atoms with Crippen LogP contribution in [0.5, 0.6) is 0 Å². The lowest BCUT2D eigenvalue weighted by Crippen LogP contribution is -2.35. The van der Waals surface area contributed by atoms with E-state index < -0.39 is 24.8 Å². The molecule has 0 spiro atoms. The van der Waals surface area contributed by atoms with Crippen molar-refractivity contribution < 1.29 is 23.0 Å². The monoisotopic (exact) mass is 230 g/mol. The average Bonchev–Trinajstić information content (AvgIpc) is 2.14. The van der Waals surface area contributed by atoms with Crippen LogP contribution in [-0.4, -0.2) is 41.6 Å². The van der Waals surface area contributed by atoms with Crippen molar-refractivity contribution in [3.05, 3.63) is 0 Å². The van der Waals surface area contributed by atoms with Crippen LogP contribution in [0.25, 0.3) is 0 Å². The van der Waals surface area contributed by atoms with Gasteiger partial charge in [0.1, 0.15) is 0 Å². The molecule has 14 heavy (non-hydrogen) atoms. The van der Waals surface area contributed by atoms with Crippen LogP contribution < -0.4 is 0 Å². The molecule has 0 bridgehead atoms. The van der Waals surface area contributed by atoms with Crippen LogP contribution in [0.3, 0.4) is 0 Å². The lowest BCUT2D eigenvalue weighted by Gasteiger charge is -2.26. The summed E-state index contributed by atoms with van der Waals surface area (Å²) >= 11 is 1.60. The first-order chi connectivity index (χ1) is 6.49. The van der Waals surface area contributed by atoms with Gasteiger partial charge < -0.3 is 9.84 Å². The van der Waals surface area contributed by atoms with Gasteiger partial charge in [-0.15, -0.1) is 0 Å². The minimum atomic E-state index is -4.19. The minimum absolute atomic E-state index is 0.269. The van der Waals surface area contributed by atoms with Crippen molar-refractivity contribution in [2.24, 2.45) is 0 Å². The number of thioether (sulfide) groups is 1. The van der Waals surface area contributed by atoms with Crippen LogP contribution in [0.2, 0.25) is 0 Å². The van der Waals surface area contributed by atoms with Crippen LogP contribution in [0.4, 0.5) is 13.2 Å². The zero-order valence-electron chi connectivity index (χ0n) is 7.59. The Bertz CT molecular complexity index is 168. The van der Waals surface area contributed by atoms with Crippen LogP contribution in [-0.2, 0) is 4.74 Å². The first-order valence-corrected chi connectivity index (χ1v) is 5.58. The average molecular weight is 230 g/mol. The summed E-state index contributed by atoms with van der Waals surface area (Å²) in [6.07, 6.45) is -6.84. The highest BCUT2D eigenvalue weighted by atomic mass is 32.2. The van der Waals surface area contributed by atoms with Crippen molar-refractivity contribution >= 4 is 11.8 Å². The molecule has 1 N–H and O–H groups in total. The Morgan fingerprint density at radius 2 is 2.21 bits per heavy atom. The van der Waals surface area contributed by atoms with Gasteiger partial charge in [-0.1, -0.05) is 0 Å². The van der Waals surface area contributed by atoms with Gasteiger partial charge >= 0.3 is 6.18 Å². The molecule has 1 aliphatic rings. The molecule has 0 aromatic carbocycles. The predicted molar refractivity (Wildman–Crippen MR) is 48.4 cm³/mol. The molecule has 2 unspecified atom stereocenters. The number of alkyl halides is 3. The number of ether oxygens (including phenoxy) is 1. The molecular formula is C8H13F3O2S. The summed E-state index contributed by atoms with van der Waals surface area (Å²) in [7, 11) is 0. The Morgan fingerprint density at radius 3 is 2.71 bits per heavy atom. The van der Waals surface area contributed by atoms with Crippen molar-refractivity contribution in [1.82, 2.24) is 0 Å². The Balaban J connectivity index is 2.23. The third-order valence-electron chi connectivity index (χ3n) is 1.99. The predicted octanol–water partition coefficient (Wildman–Crippen LogP) is 1.82. The molecule has 1 saturated heterocycles. The van der Waals surface area contributed by atoms with E-state index in [9.17, 15) is 18.3 Å². The second kappa shape index (κ2) is 5.23. The van der Waals surface area contributed by atoms with Crippen LogP contribution in [0.15, 0.2) is 0 Å². The Morgan fingerprint density at radius 1 is 1.50 bits per heavy atom. The van der Waals surface area contributed by atoms with Crippen molar-refractivity contribution in [2.45, 2.75) is 31.2 Å². The van der Waals surface area contributed by atoms with Crippen molar-refractivity contribution in [3.8, 4) is 0 Å². The first-order valence-electron chi connectivity index (χ1n) is 4.43. The standard InChI is InChI=1S/C8H13F3O2S/c9-8(10,11)2-1-6(12)7-5-14-4-3-13-7/h6-7,12H,1-5H2. The number of hydrogen-bond acceptors (Lipinski definition) is 3. The van der Waals surface area contributed by atoms with E-state index in [1.165, 1.54) is 0 Å². The van der Waals surface area contributed by atoms with Crippen molar-refractivity contribution in [1.29, 1.82) is 0 Å². The van der Waals surface area contributed by atoms with E-state index >= 15 is 0 Å².